The Bertz CT molecular complexity index is 1530. The number of hydrogen-bond acceptors (Lipinski definition) is 8. The monoisotopic (exact) mass is 543 g/mol. The van der Waals surface area contributed by atoms with E-state index in [2.05, 4.69) is 20.6 Å². The number of para-hydroxylation sites is 2. The van der Waals surface area contributed by atoms with E-state index in [-0.39, 0.29) is 39.6 Å². The molecule has 0 saturated carbocycles. The van der Waals surface area contributed by atoms with E-state index in [4.69, 9.17) is 19.6 Å². The third kappa shape index (κ3) is 5.77. The molecular formula is C26H24F3N5O5. The molecule has 13 heteroatoms. The van der Waals surface area contributed by atoms with Gasteiger partial charge in [-0.3, -0.25) is 9.59 Å². The Morgan fingerprint density at radius 2 is 1.74 bits per heavy atom. The molecule has 2 aromatic carbocycles. The average Bonchev–Trinajstić information content (AvgIpc) is 3.36. The van der Waals surface area contributed by atoms with Gasteiger partial charge >= 0.3 is 6.18 Å². The van der Waals surface area contributed by atoms with E-state index in [1.165, 1.54) is 32.4 Å². The van der Waals surface area contributed by atoms with E-state index in [1.54, 1.807) is 31.2 Å². The van der Waals surface area contributed by atoms with Gasteiger partial charge in [-0.2, -0.15) is 13.2 Å². The van der Waals surface area contributed by atoms with Gasteiger partial charge in [0.1, 0.15) is 22.7 Å². The largest absolute Gasteiger partial charge is 0.495 e. The van der Waals surface area contributed by atoms with Gasteiger partial charge in [0.05, 0.1) is 32.5 Å². The molecule has 4 rings (SSSR count). The molecule has 1 atom stereocenters. The van der Waals surface area contributed by atoms with Crippen LogP contribution in [0.15, 0.2) is 52.9 Å². The van der Waals surface area contributed by atoms with Crippen LogP contribution >= 0.6 is 0 Å². The van der Waals surface area contributed by atoms with E-state index in [1.807, 2.05) is 0 Å². The number of aromatic nitrogens is 2. The summed E-state index contributed by atoms with van der Waals surface area (Å²) in [7, 11) is 2.77. The molecule has 0 aliphatic heterocycles. The molecule has 39 heavy (non-hydrogen) atoms. The maximum atomic E-state index is 13.3. The van der Waals surface area contributed by atoms with Crippen molar-refractivity contribution in [3.63, 3.8) is 0 Å². The summed E-state index contributed by atoms with van der Waals surface area (Å²) in [6.45, 7) is 1.17. The summed E-state index contributed by atoms with van der Waals surface area (Å²) in [5, 5.41) is 5.36. The van der Waals surface area contributed by atoms with E-state index in [0.717, 1.165) is 6.07 Å². The number of carbonyl (C=O) groups is 2. The Labute approximate surface area is 220 Å². The fraction of sp³-hybridized carbons (Fsp3) is 0.231. The number of halogens is 3. The molecule has 0 bridgehead atoms. The highest BCUT2D eigenvalue weighted by molar-refractivity contribution is 6.01. The Balaban J connectivity index is 1.63. The Kier molecular flexibility index (Phi) is 7.72. The van der Waals surface area contributed by atoms with Gasteiger partial charge in [0.25, 0.3) is 5.91 Å². The highest BCUT2D eigenvalue weighted by Crippen LogP contribution is 2.37. The van der Waals surface area contributed by atoms with E-state index in [9.17, 15) is 22.8 Å². The number of nitrogens with zero attached hydrogens (tertiary/aromatic N) is 2. The first kappa shape index (κ1) is 27.4. The second-order valence-electron chi connectivity index (χ2n) is 8.36. The number of rotatable bonds is 8. The molecule has 2 amide bonds. The molecule has 204 valence electrons. The summed E-state index contributed by atoms with van der Waals surface area (Å²) >= 11 is 0. The van der Waals surface area contributed by atoms with Crippen molar-refractivity contribution in [2.45, 2.75) is 19.1 Å². The number of nitrogens with one attached hydrogen (secondary N) is 2. The highest BCUT2D eigenvalue weighted by atomic mass is 19.4. The summed E-state index contributed by atoms with van der Waals surface area (Å²) < 4.78 is 56.0. The number of amides is 2. The highest BCUT2D eigenvalue weighted by Gasteiger charge is 2.33. The number of ether oxygens (including phenoxy) is 2. The van der Waals surface area contributed by atoms with Crippen LogP contribution in [0.5, 0.6) is 11.5 Å². The number of methoxy groups -OCH3 is 2. The lowest BCUT2D eigenvalue weighted by molar-refractivity contribution is -0.141. The zero-order valence-corrected chi connectivity index (χ0v) is 21.1. The number of oxazole rings is 1. The number of anilines is 1. The first-order valence-corrected chi connectivity index (χ1v) is 11.6. The molecule has 0 unspecified atom stereocenters. The van der Waals surface area contributed by atoms with Crippen LogP contribution in [0.2, 0.25) is 0 Å². The molecule has 0 radical (unpaired) electrons. The van der Waals surface area contributed by atoms with Crippen molar-refractivity contribution < 1.29 is 36.7 Å². The molecule has 0 aliphatic rings. The molecule has 10 nitrogen and oxygen atoms in total. The van der Waals surface area contributed by atoms with E-state index >= 15 is 0 Å². The number of hydrogen-bond donors (Lipinski definition) is 3. The predicted octanol–water partition coefficient (Wildman–Crippen LogP) is 4.31. The average molecular weight is 544 g/mol. The Morgan fingerprint density at radius 3 is 2.41 bits per heavy atom. The van der Waals surface area contributed by atoms with Crippen LogP contribution in [-0.4, -0.2) is 42.5 Å². The van der Waals surface area contributed by atoms with Crippen molar-refractivity contribution in [1.29, 1.82) is 0 Å². The SMILES string of the molecule is COc1ccccc1NC(=O)CNC(=O)c1nc(-c2ccc(OC)c3nc(C(F)(F)F)ccc23)oc1[C@H](C)N. The minimum Gasteiger partial charge on any atom is -0.495 e. The summed E-state index contributed by atoms with van der Waals surface area (Å²) in [5.74, 6) is -0.745. The predicted molar refractivity (Wildman–Crippen MR) is 135 cm³/mol. The smallest absolute Gasteiger partial charge is 0.433 e. The van der Waals surface area contributed by atoms with Crippen molar-refractivity contribution in [3.05, 3.63) is 65.7 Å². The van der Waals surface area contributed by atoms with Crippen molar-refractivity contribution in [3.8, 4) is 23.0 Å². The zero-order valence-electron chi connectivity index (χ0n) is 21.1. The van der Waals surface area contributed by atoms with Gasteiger partial charge in [0, 0.05) is 10.9 Å². The third-order valence-electron chi connectivity index (χ3n) is 5.63. The summed E-state index contributed by atoms with van der Waals surface area (Å²) in [4.78, 5) is 33.4. The molecule has 0 spiro atoms. The lowest BCUT2D eigenvalue weighted by Crippen LogP contribution is -2.33. The molecule has 2 heterocycles. The van der Waals surface area contributed by atoms with Gasteiger partial charge in [0.15, 0.2) is 11.5 Å². The van der Waals surface area contributed by atoms with E-state index < -0.39 is 36.3 Å². The number of carbonyl (C=O) groups excluding carboxylic acids is 2. The van der Waals surface area contributed by atoms with Crippen molar-refractivity contribution in [2.75, 3.05) is 26.1 Å². The fourth-order valence-corrected chi connectivity index (χ4v) is 3.81. The number of nitrogens with two attached hydrogens (primary N) is 1. The second-order valence-corrected chi connectivity index (χ2v) is 8.36. The quantitative estimate of drug-likeness (QED) is 0.299. The molecule has 2 aromatic heterocycles. The van der Waals surface area contributed by atoms with Crippen molar-refractivity contribution in [2.24, 2.45) is 5.73 Å². The molecule has 0 fully saturated rings. The lowest BCUT2D eigenvalue weighted by Gasteiger charge is -2.11. The van der Waals surface area contributed by atoms with Crippen LogP contribution in [0, 0.1) is 0 Å². The number of fused-ring (bicyclic) bond motifs is 1. The Hall–Kier alpha value is -4.65. The van der Waals surface area contributed by atoms with Gasteiger partial charge in [-0.1, -0.05) is 12.1 Å². The fourth-order valence-electron chi connectivity index (χ4n) is 3.81. The van der Waals surface area contributed by atoms with Crippen molar-refractivity contribution in [1.82, 2.24) is 15.3 Å². The van der Waals surface area contributed by atoms with Gasteiger partial charge in [-0.05, 0) is 43.3 Å². The summed E-state index contributed by atoms with van der Waals surface area (Å²) in [5.41, 5.74) is 5.35. The molecular weight excluding hydrogens is 519 g/mol. The topological polar surface area (TPSA) is 142 Å². The molecule has 0 saturated heterocycles. The van der Waals surface area contributed by atoms with Crippen LogP contribution in [-0.2, 0) is 11.0 Å². The minimum atomic E-state index is -4.66. The summed E-state index contributed by atoms with van der Waals surface area (Å²) in [6.07, 6.45) is -4.66. The maximum absolute atomic E-state index is 13.3. The second kappa shape index (κ2) is 11.0. The lowest BCUT2D eigenvalue weighted by atomic mass is 10.1. The van der Waals surface area contributed by atoms with Gasteiger partial charge < -0.3 is 30.3 Å². The van der Waals surface area contributed by atoms with Crippen LogP contribution < -0.4 is 25.8 Å². The number of pyridine rings is 1. The molecule has 4 aromatic rings. The minimum absolute atomic E-state index is 0.0245. The van der Waals surface area contributed by atoms with Crippen LogP contribution in [0.1, 0.15) is 34.9 Å². The first-order valence-electron chi connectivity index (χ1n) is 11.6. The molecule has 4 N–H and O–H groups in total. The first-order chi connectivity index (χ1) is 18.5. The third-order valence-corrected chi connectivity index (χ3v) is 5.63. The Morgan fingerprint density at radius 1 is 1.03 bits per heavy atom. The van der Waals surface area contributed by atoms with Gasteiger partial charge in [0.2, 0.25) is 11.8 Å². The van der Waals surface area contributed by atoms with Crippen molar-refractivity contribution >= 4 is 28.4 Å². The normalized spacial score (nSPS) is 12.2. The van der Waals surface area contributed by atoms with E-state index in [0.29, 0.717) is 11.4 Å². The number of benzene rings is 2. The number of alkyl halides is 3. The van der Waals surface area contributed by atoms with Crippen LogP contribution in [0.25, 0.3) is 22.4 Å². The van der Waals surface area contributed by atoms with Crippen LogP contribution in [0.4, 0.5) is 18.9 Å². The van der Waals surface area contributed by atoms with Gasteiger partial charge in [-0.15, -0.1) is 0 Å². The zero-order chi connectivity index (χ0) is 28.3. The van der Waals surface area contributed by atoms with Gasteiger partial charge in [-0.25, -0.2) is 9.97 Å². The van der Waals surface area contributed by atoms with Crippen LogP contribution in [0.3, 0.4) is 0 Å². The molecule has 0 aliphatic carbocycles. The standard InChI is InChI=1S/C26H24F3N5O5/c1-13(30)23-22(24(36)31-12-20(35)32-16-6-4-5-7-17(16)37-2)34-25(39-23)15-8-10-18(38-3)21-14(15)9-11-19(33-21)26(27,28)29/h4-11,13H,12,30H2,1-3H3,(H,31,36)(H,32,35)/t13-/m0/s1. The maximum Gasteiger partial charge on any atom is 0.433 e. The summed E-state index contributed by atoms with van der Waals surface area (Å²) in [6, 6.07) is 11.0.